The van der Waals surface area contributed by atoms with Gasteiger partial charge in [0.1, 0.15) is 0 Å². The maximum atomic E-state index is 5.96. The van der Waals surface area contributed by atoms with Gasteiger partial charge in [0.05, 0.1) is 18.1 Å². The standard InChI is InChI=1S/C15H23N5/c1-3-20-12-18-11-15(20)14(10-16)19(2)9-6-13-4-7-17-8-5-13/h4-5,7-8,11-12,14H,3,6,9-10,16H2,1-2H3. The Morgan fingerprint density at radius 3 is 2.70 bits per heavy atom. The van der Waals surface area contributed by atoms with Gasteiger partial charge in [-0.05, 0) is 38.1 Å². The van der Waals surface area contributed by atoms with E-state index in [-0.39, 0.29) is 6.04 Å². The van der Waals surface area contributed by atoms with Gasteiger partial charge in [-0.25, -0.2) is 4.98 Å². The molecule has 2 rings (SSSR count). The van der Waals surface area contributed by atoms with Crippen LogP contribution in [0.1, 0.15) is 24.2 Å². The number of likely N-dealkylation sites (N-methyl/N-ethyl adjacent to an activating group) is 1. The summed E-state index contributed by atoms with van der Waals surface area (Å²) in [4.78, 5) is 10.6. The molecule has 2 heterocycles. The van der Waals surface area contributed by atoms with Crippen molar-refractivity contribution in [2.75, 3.05) is 20.1 Å². The van der Waals surface area contributed by atoms with Crippen LogP contribution in [0.3, 0.4) is 0 Å². The van der Waals surface area contributed by atoms with Crippen molar-refractivity contribution < 1.29 is 0 Å². The van der Waals surface area contributed by atoms with Gasteiger partial charge < -0.3 is 10.3 Å². The lowest BCUT2D eigenvalue weighted by Gasteiger charge is -2.27. The molecule has 2 aromatic heterocycles. The molecule has 5 heteroatoms. The van der Waals surface area contributed by atoms with E-state index in [0.717, 1.165) is 19.5 Å². The molecule has 0 spiro atoms. The molecule has 0 radical (unpaired) electrons. The molecule has 108 valence electrons. The van der Waals surface area contributed by atoms with E-state index in [9.17, 15) is 0 Å². The predicted molar refractivity (Wildman–Crippen MR) is 80.3 cm³/mol. The maximum absolute atomic E-state index is 5.96. The van der Waals surface area contributed by atoms with Crippen molar-refractivity contribution in [1.29, 1.82) is 0 Å². The number of nitrogens with two attached hydrogens (primary N) is 1. The maximum Gasteiger partial charge on any atom is 0.0948 e. The molecule has 0 aliphatic carbocycles. The third kappa shape index (κ3) is 3.43. The zero-order valence-corrected chi connectivity index (χ0v) is 12.2. The van der Waals surface area contributed by atoms with Crippen LogP contribution in [0.25, 0.3) is 0 Å². The number of aromatic nitrogens is 3. The summed E-state index contributed by atoms with van der Waals surface area (Å²) in [5.74, 6) is 0. The van der Waals surface area contributed by atoms with E-state index in [2.05, 4.69) is 45.5 Å². The number of imidazole rings is 1. The van der Waals surface area contributed by atoms with E-state index in [0.29, 0.717) is 6.54 Å². The minimum Gasteiger partial charge on any atom is -0.333 e. The van der Waals surface area contributed by atoms with Crippen molar-refractivity contribution in [1.82, 2.24) is 19.4 Å². The van der Waals surface area contributed by atoms with Crippen molar-refractivity contribution in [2.45, 2.75) is 25.9 Å². The van der Waals surface area contributed by atoms with E-state index >= 15 is 0 Å². The number of hydrogen-bond acceptors (Lipinski definition) is 4. The average molecular weight is 273 g/mol. The van der Waals surface area contributed by atoms with Crippen molar-refractivity contribution in [3.8, 4) is 0 Å². The SMILES string of the molecule is CCn1cncc1C(CN)N(C)CCc1ccncc1. The summed E-state index contributed by atoms with van der Waals surface area (Å²) >= 11 is 0. The quantitative estimate of drug-likeness (QED) is 0.830. The van der Waals surface area contributed by atoms with Crippen molar-refractivity contribution in [3.05, 3.63) is 48.3 Å². The minimum atomic E-state index is 0.208. The summed E-state index contributed by atoms with van der Waals surface area (Å²) in [6, 6.07) is 4.32. The van der Waals surface area contributed by atoms with Gasteiger partial charge in [-0.1, -0.05) is 0 Å². The minimum absolute atomic E-state index is 0.208. The summed E-state index contributed by atoms with van der Waals surface area (Å²) in [5, 5.41) is 0. The van der Waals surface area contributed by atoms with E-state index in [1.54, 1.807) is 0 Å². The van der Waals surface area contributed by atoms with Gasteiger partial charge in [-0.3, -0.25) is 9.88 Å². The summed E-state index contributed by atoms with van der Waals surface area (Å²) in [6.45, 7) is 4.60. The van der Waals surface area contributed by atoms with Crippen LogP contribution in [-0.2, 0) is 13.0 Å². The molecular formula is C15H23N5. The highest BCUT2D eigenvalue weighted by molar-refractivity contribution is 5.11. The van der Waals surface area contributed by atoms with Crippen LogP contribution in [0.2, 0.25) is 0 Å². The van der Waals surface area contributed by atoms with Gasteiger partial charge in [0.25, 0.3) is 0 Å². The second-order valence-corrected chi connectivity index (χ2v) is 4.94. The molecule has 1 atom stereocenters. The molecule has 0 bridgehead atoms. The zero-order valence-electron chi connectivity index (χ0n) is 12.2. The second kappa shape index (κ2) is 7.17. The molecule has 0 saturated carbocycles. The molecule has 0 amide bonds. The van der Waals surface area contributed by atoms with Crippen LogP contribution >= 0.6 is 0 Å². The average Bonchev–Trinajstić information content (AvgIpc) is 2.95. The molecular weight excluding hydrogens is 250 g/mol. The first-order chi connectivity index (χ1) is 9.76. The van der Waals surface area contributed by atoms with Crippen LogP contribution in [0.4, 0.5) is 0 Å². The van der Waals surface area contributed by atoms with E-state index in [4.69, 9.17) is 5.73 Å². The molecule has 1 unspecified atom stereocenters. The Bertz CT molecular complexity index is 508. The van der Waals surface area contributed by atoms with Crippen molar-refractivity contribution in [2.24, 2.45) is 5.73 Å². The van der Waals surface area contributed by atoms with E-state index in [1.165, 1.54) is 11.3 Å². The van der Waals surface area contributed by atoms with Crippen molar-refractivity contribution in [3.63, 3.8) is 0 Å². The lowest BCUT2D eigenvalue weighted by atomic mass is 10.1. The number of pyridine rings is 1. The first kappa shape index (κ1) is 14.7. The third-order valence-electron chi connectivity index (χ3n) is 3.68. The Kier molecular flexibility index (Phi) is 5.26. The molecule has 0 aromatic carbocycles. The van der Waals surface area contributed by atoms with Gasteiger partial charge in [0.15, 0.2) is 0 Å². The number of aryl methyl sites for hydroxylation is 1. The van der Waals surface area contributed by atoms with Gasteiger partial charge >= 0.3 is 0 Å². The van der Waals surface area contributed by atoms with Gasteiger partial charge in [-0.15, -0.1) is 0 Å². The van der Waals surface area contributed by atoms with Crippen LogP contribution in [0.5, 0.6) is 0 Å². The largest absolute Gasteiger partial charge is 0.333 e. The van der Waals surface area contributed by atoms with Gasteiger partial charge in [0.2, 0.25) is 0 Å². The van der Waals surface area contributed by atoms with Gasteiger partial charge in [0, 0.05) is 38.2 Å². The first-order valence-corrected chi connectivity index (χ1v) is 7.05. The van der Waals surface area contributed by atoms with Gasteiger partial charge in [-0.2, -0.15) is 0 Å². The smallest absolute Gasteiger partial charge is 0.0948 e. The topological polar surface area (TPSA) is 60.0 Å². The summed E-state index contributed by atoms with van der Waals surface area (Å²) in [5.41, 5.74) is 8.45. The molecule has 20 heavy (non-hydrogen) atoms. The number of hydrogen-bond donors (Lipinski definition) is 1. The Morgan fingerprint density at radius 2 is 2.05 bits per heavy atom. The van der Waals surface area contributed by atoms with Crippen LogP contribution in [0.15, 0.2) is 37.1 Å². The molecule has 0 aliphatic rings. The molecule has 0 fully saturated rings. The lowest BCUT2D eigenvalue weighted by Crippen LogP contribution is -2.33. The fourth-order valence-electron chi connectivity index (χ4n) is 2.41. The molecule has 5 nitrogen and oxygen atoms in total. The Morgan fingerprint density at radius 1 is 1.30 bits per heavy atom. The second-order valence-electron chi connectivity index (χ2n) is 4.94. The highest BCUT2D eigenvalue weighted by Gasteiger charge is 2.18. The Balaban J connectivity index is 2.00. The van der Waals surface area contributed by atoms with Crippen LogP contribution < -0.4 is 5.73 Å². The Labute approximate surface area is 120 Å². The third-order valence-corrected chi connectivity index (χ3v) is 3.68. The lowest BCUT2D eigenvalue weighted by molar-refractivity contribution is 0.243. The first-order valence-electron chi connectivity index (χ1n) is 7.05. The summed E-state index contributed by atoms with van der Waals surface area (Å²) in [7, 11) is 2.12. The Hall–Kier alpha value is -1.72. The predicted octanol–water partition coefficient (Wildman–Crippen LogP) is 1.47. The van der Waals surface area contributed by atoms with Crippen LogP contribution in [0, 0.1) is 0 Å². The van der Waals surface area contributed by atoms with E-state index in [1.807, 2.05) is 24.9 Å². The fraction of sp³-hybridized carbons (Fsp3) is 0.467. The normalized spacial score (nSPS) is 12.8. The van der Waals surface area contributed by atoms with Crippen molar-refractivity contribution >= 4 is 0 Å². The highest BCUT2D eigenvalue weighted by atomic mass is 15.2. The molecule has 2 N–H and O–H groups in total. The summed E-state index contributed by atoms with van der Waals surface area (Å²) < 4.78 is 2.15. The highest BCUT2D eigenvalue weighted by Crippen LogP contribution is 2.18. The molecule has 2 aromatic rings. The van der Waals surface area contributed by atoms with E-state index < -0.39 is 0 Å². The zero-order chi connectivity index (χ0) is 14.4. The number of nitrogens with zero attached hydrogens (tertiary/aromatic N) is 4. The number of rotatable bonds is 7. The molecule has 0 saturated heterocycles. The monoisotopic (exact) mass is 273 g/mol. The summed E-state index contributed by atoms with van der Waals surface area (Å²) in [6.07, 6.45) is 8.46. The fourth-order valence-corrected chi connectivity index (χ4v) is 2.41. The molecule has 0 aliphatic heterocycles. The van der Waals surface area contributed by atoms with Crippen LogP contribution in [-0.4, -0.2) is 39.6 Å².